The Morgan fingerprint density at radius 2 is 1.73 bits per heavy atom. The van der Waals surface area contributed by atoms with Crippen LogP contribution in [0.5, 0.6) is 0 Å². The molecule has 0 spiro atoms. The van der Waals surface area contributed by atoms with Gasteiger partial charge in [-0.2, -0.15) is 0 Å². The number of nitro groups is 1. The average molecular weight is 377 g/mol. The number of hydrogen-bond acceptors (Lipinski definition) is 5. The van der Waals surface area contributed by atoms with Gasteiger partial charge >= 0.3 is 0 Å². The summed E-state index contributed by atoms with van der Waals surface area (Å²) in [7, 11) is -2.07. The van der Waals surface area contributed by atoms with Gasteiger partial charge in [-0.15, -0.1) is 0 Å². The van der Waals surface area contributed by atoms with Gasteiger partial charge in [0.15, 0.2) is 0 Å². The lowest BCUT2D eigenvalue weighted by Crippen LogP contribution is -2.26. The molecule has 0 aliphatic rings. The van der Waals surface area contributed by atoms with Crippen molar-refractivity contribution in [1.82, 2.24) is 0 Å². The van der Waals surface area contributed by atoms with E-state index in [1.54, 1.807) is 38.1 Å². The molecule has 0 radical (unpaired) electrons. The molecule has 0 atom stereocenters. The van der Waals surface area contributed by atoms with E-state index in [-0.39, 0.29) is 11.3 Å². The minimum Gasteiger partial charge on any atom is -0.321 e. The molecule has 1 N–H and O–H groups in total. The number of anilines is 2. The van der Waals surface area contributed by atoms with Crippen molar-refractivity contribution in [2.75, 3.05) is 22.9 Å². The highest BCUT2D eigenvalue weighted by molar-refractivity contribution is 7.92. The molecule has 2 aromatic carbocycles. The Hall–Kier alpha value is -2.94. The normalized spacial score (nSPS) is 11.1. The second kappa shape index (κ2) is 7.12. The van der Waals surface area contributed by atoms with Crippen LogP contribution in [0.15, 0.2) is 36.4 Å². The highest BCUT2D eigenvalue weighted by Crippen LogP contribution is 2.28. The molecule has 2 rings (SSSR count). The molecule has 0 aliphatic heterocycles. The van der Waals surface area contributed by atoms with Crippen molar-refractivity contribution in [1.29, 1.82) is 0 Å². The van der Waals surface area contributed by atoms with E-state index in [9.17, 15) is 23.3 Å². The predicted molar refractivity (Wildman–Crippen MR) is 100 cm³/mol. The van der Waals surface area contributed by atoms with Crippen LogP contribution in [0, 0.1) is 24.0 Å². The van der Waals surface area contributed by atoms with Crippen molar-refractivity contribution in [3.8, 4) is 0 Å². The van der Waals surface area contributed by atoms with Crippen LogP contribution in [-0.2, 0) is 10.0 Å². The molecule has 0 unspecified atom stereocenters. The number of nitrogens with zero attached hydrogens (tertiary/aromatic N) is 2. The predicted octanol–water partition coefficient (Wildman–Crippen LogP) is 2.86. The van der Waals surface area contributed by atoms with E-state index >= 15 is 0 Å². The van der Waals surface area contributed by atoms with Crippen LogP contribution < -0.4 is 9.62 Å². The first-order valence-corrected chi connectivity index (χ1v) is 9.47. The first-order chi connectivity index (χ1) is 12.0. The fourth-order valence-electron chi connectivity index (χ4n) is 2.54. The molecule has 0 bridgehead atoms. The lowest BCUT2D eigenvalue weighted by molar-refractivity contribution is -0.385. The largest absolute Gasteiger partial charge is 0.321 e. The maximum atomic E-state index is 12.6. The molecule has 0 heterocycles. The second-order valence-corrected chi connectivity index (χ2v) is 7.85. The third-order valence-electron chi connectivity index (χ3n) is 4.14. The molecule has 1 amide bonds. The van der Waals surface area contributed by atoms with Crippen LogP contribution in [-0.4, -0.2) is 32.6 Å². The van der Waals surface area contributed by atoms with Crippen LogP contribution >= 0.6 is 0 Å². The number of carbonyl (C=O) groups is 1. The lowest BCUT2D eigenvalue weighted by atomic mass is 10.1. The lowest BCUT2D eigenvalue weighted by Gasteiger charge is -2.20. The molecular weight excluding hydrogens is 358 g/mol. The summed E-state index contributed by atoms with van der Waals surface area (Å²) in [6.45, 7) is 3.20. The molecule has 8 nitrogen and oxygen atoms in total. The Bertz CT molecular complexity index is 986. The van der Waals surface area contributed by atoms with E-state index in [0.717, 1.165) is 10.6 Å². The van der Waals surface area contributed by atoms with E-state index in [2.05, 4.69) is 5.32 Å². The van der Waals surface area contributed by atoms with Crippen LogP contribution in [0.4, 0.5) is 17.1 Å². The standard InChI is InChI=1S/C17H19N3O5S/c1-11-13(7-5-9-15(11)19(3)26(4,24)25)17(21)18-14-8-6-10-16(12(14)2)20(22)23/h5-10H,1-4H3,(H,18,21). The fraction of sp³-hybridized carbons (Fsp3) is 0.235. The highest BCUT2D eigenvalue weighted by Gasteiger charge is 2.20. The first-order valence-electron chi connectivity index (χ1n) is 7.63. The van der Waals surface area contributed by atoms with Gasteiger partial charge in [-0.3, -0.25) is 19.2 Å². The summed E-state index contributed by atoms with van der Waals surface area (Å²) in [5.74, 6) is -0.477. The third kappa shape index (κ3) is 3.83. The zero-order valence-corrected chi connectivity index (χ0v) is 15.6. The van der Waals surface area contributed by atoms with Crippen molar-refractivity contribution in [2.24, 2.45) is 0 Å². The number of carbonyl (C=O) groups excluding carboxylic acids is 1. The molecule has 0 fully saturated rings. The molecule has 0 aliphatic carbocycles. The van der Waals surface area contributed by atoms with Gasteiger partial charge in [0.05, 0.1) is 28.1 Å². The summed E-state index contributed by atoms with van der Waals surface area (Å²) in [5, 5.41) is 13.7. The van der Waals surface area contributed by atoms with E-state index in [1.807, 2.05) is 0 Å². The van der Waals surface area contributed by atoms with E-state index < -0.39 is 20.9 Å². The number of amides is 1. The summed E-state index contributed by atoms with van der Waals surface area (Å²) in [4.78, 5) is 23.2. The van der Waals surface area contributed by atoms with E-state index in [4.69, 9.17) is 0 Å². The Morgan fingerprint density at radius 3 is 2.31 bits per heavy atom. The Balaban J connectivity index is 2.41. The Morgan fingerprint density at radius 1 is 1.12 bits per heavy atom. The summed E-state index contributed by atoms with van der Waals surface area (Å²) < 4.78 is 24.6. The monoisotopic (exact) mass is 377 g/mol. The number of nitrogens with one attached hydrogen (secondary N) is 1. The van der Waals surface area contributed by atoms with Gasteiger partial charge in [-0.25, -0.2) is 8.42 Å². The zero-order valence-electron chi connectivity index (χ0n) is 14.8. The molecule has 0 aromatic heterocycles. The van der Waals surface area contributed by atoms with Crippen LogP contribution in [0.1, 0.15) is 21.5 Å². The van der Waals surface area contributed by atoms with Gasteiger partial charge in [0.2, 0.25) is 10.0 Å². The summed E-state index contributed by atoms with van der Waals surface area (Å²) in [5.41, 5.74) is 1.73. The van der Waals surface area contributed by atoms with Crippen LogP contribution in [0.2, 0.25) is 0 Å². The Kier molecular flexibility index (Phi) is 5.31. The molecule has 2 aromatic rings. The minimum absolute atomic E-state index is 0.0925. The minimum atomic E-state index is -3.47. The molecule has 9 heteroatoms. The third-order valence-corrected chi connectivity index (χ3v) is 5.33. The first kappa shape index (κ1) is 19.4. The number of benzene rings is 2. The van der Waals surface area contributed by atoms with Crippen molar-refractivity contribution < 1.29 is 18.1 Å². The van der Waals surface area contributed by atoms with Gasteiger partial charge in [0, 0.05) is 18.7 Å². The highest BCUT2D eigenvalue weighted by atomic mass is 32.2. The number of hydrogen-bond donors (Lipinski definition) is 1. The quantitative estimate of drug-likeness (QED) is 0.636. The van der Waals surface area contributed by atoms with Gasteiger partial charge in [-0.1, -0.05) is 12.1 Å². The second-order valence-electron chi connectivity index (χ2n) is 5.84. The molecule has 138 valence electrons. The molecule has 26 heavy (non-hydrogen) atoms. The van der Waals surface area contributed by atoms with Gasteiger partial charge in [0.1, 0.15) is 0 Å². The molecule has 0 saturated heterocycles. The topological polar surface area (TPSA) is 110 Å². The SMILES string of the molecule is Cc1c(C(=O)Nc2cccc([N+](=O)[O-])c2C)cccc1N(C)S(C)(=O)=O. The number of sulfonamides is 1. The molecule has 0 saturated carbocycles. The van der Waals surface area contributed by atoms with Crippen molar-refractivity contribution in [2.45, 2.75) is 13.8 Å². The maximum Gasteiger partial charge on any atom is 0.274 e. The number of rotatable bonds is 5. The summed E-state index contributed by atoms with van der Waals surface area (Å²) in [6.07, 6.45) is 1.08. The fourth-order valence-corrected chi connectivity index (χ4v) is 3.09. The summed E-state index contributed by atoms with van der Waals surface area (Å²) >= 11 is 0. The van der Waals surface area contributed by atoms with E-state index in [1.165, 1.54) is 19.2 Å². The number of nitro benzene ring substituents is 1. The Labute approximate surface area is 151 Å². The van der Waals surface area contributed by atoms with Crippen molar-refractivity contribution in [3.05, 3.63) is 63.2 Å². The molecular formula is C17H19N3O5S. The van der Waals surface area contributed by atoms with Gasteiger partial charge in [-0.05, 0) is 37.6 Å². The maximum absolute atomic E-state index is 12.6. The summed E-state index contributed by atoms with van der Waals surface area (Å²) in [6, 6.07) is 9.17. The average Bonchev–Trinajstić information content (AvgIpc) is 2.55. The zero-order chi connectivity index (χ0) is 19.6. The smallest absolute Gasteiger partial charge is 0.274 e. The van der Waals surface area contributed by atoms with Crippen LogP contribution in [0.3, 0.4) is 0 Å². The van der Waals surface area contributed by atoms with E-state index in [0.29, 0.717) is 22.5 Å². The van der Waals surface area contributed by atoms with Crippen molar-refractivity contribution in [3.63, 3.8) is 0 Å². The van der Waals surface area contributed by atoms with Crippen molar-refractivity contribution >= 4 is 33.0 Å². The van der Waals surface area contributed by atoms with Gasteiger partial charge in [0.25, 0.3) is 11.6 Å². The van der Waals surface area contributed by atoms with Gasteiger partial charge < -0.3 is 5.32 Å². The van der Waals surface area contributed by atoms with Crippen LogP contribution in [0.25, 0.3) is 0 Å².